The number of H-pyrrole nitrogens is 1. The van der Waals surface area contributed by atoms with E-state index in [0.29, 0.717) is 18.0 Å². The number of aromatic amines is 1. The van der Waals surface area contributed by atoms with Crippen LogP contribution in [0.4, 0.5) is 13.2 Å². The van der Waals surface area contributed by atoms with Gasteiger partial charge in [-0.15, -0.1) is 0 Å². The molecule has 2 aromatic heterocycles. The van der Waals surface area contributed by atoms with Crippen LogP contribution in [0, 0.1) is 0 Å². The van der Waals surface area contributed by atoms with E-state index in [1.165, 1.54) is 12.1 Å². The normalized spacial score (nSPS) is 12.0. The number of sulfone groups is 1. The van der Waals surface area contributed by atoms with Crippen molar-refractivity contribution in [2.24, 2.45) is 0 Å². The van der Waals surface area contributed by atoms with Gasteiger partial charge in [0.05, 0.1) is 22.7 Å². The maximum Gasteiger partial charge on any atom is 0.417 e. The highest BCUT2D eigenvalue weighted by molar-refractivity contribution is 7.90. The molecule has 34 heavy (non-hydrogen) atoms. The molecule has 0 aliphatic rings. The second-order valence-electron chi connectivity index (χ2n) is 7.28. The van der Waals surface area contributed by atoms with Gasteiger partial charge in [-0.1, -0.05) is 48.5 Å². The predicted octanol–water partition coefficient (Wildman–Crippen LogP) is 3.78. The number of rotatable bonds is 6. The van der Waals surface area contributed by atoms with Gasteiger partial charge < -0.3 is 0 Å². The highest BCUT2D eigenvalue weighted by Crippen LogP contribution is 2.29. The topological polar surface area (TPSA) is 102 Å². The lowest BCUT2D eigenvalue weighted by Gasteiger charge is -2.08. The number of nitrogens with one attached hydrogen (secondary N) is 1. The Morgan fingerprint density at radius 2 is 1.56 bits per heavy atom. The molecule has 0 bridgehead atoms. The van der Waals surface area contributed by atoms with Crippen LogP contribution in [0.5, 0.6) is 0 Å². The van der Waals surface area contributed by atoms with Gasteiger partial charge in [0.15, 0.2) is 5.03 Å². The average molecular weight is 487 g/mol. The monoisotopic (exact) mass is 487 g/mol. The second kappa shape index (κ2) is 8.75. The zero-order valence-corrected chi connectivity index (χ0v) is 18.1. The van der Waals surface area contributed by atoms with E-state index < -0.39 is 43.7 Å². The molecule has 11 heteroatoms. The zero-order chi connectivity index (χ0) is 24.5. The number of para-hydroxylation sites is 1. The number of pyridine rings is 1. The number of hydrogen-bond acceptors (Lipinski definition) is 5. The number of benzene rings is 2. The molecule has 174 valence electrons. The number of halogens is 3. The Morgan fingerprint density at radius 3 is 2.12 bits per heavy atom. The highest BCUT2D eigenvalue weighted by atomic mass is 32.2. The Bertz CT molecular complexity index is 1490. The Kier molecular flexibility index (Phi) is 5.96. The molecule has 4 aromatic rings. The van der Waals surface area contributed by atoms with Crippen molar-refractivity contribution in [2.45, 2.75) is 17.0 Å². The largest absolute Gasteiger partial charge is 0.417 e. The minimum absolute atomic E-state index is 0.171. The number of carbonyl (C=O) groups excluding carboxylic acids is 1. The van der Waals surface area contributed by atoms with Crippen molar-refractivity contribution in [1.29, 1.82) is 0 Å². The Hall–Kier alpha value is -3.99. The fraction of sp³-hybridized carbons (Fsp3) is 0.0870. The van der Waals surface area contributed by atoms with Crippen LogP contribution in [0.3, 0.4) is 0 Å². The van der Waals surface area contributed by atoms with Crippen molar-refractivity contribution in [3.05, 3.63) is 112 Å². The van der Waals surface area contributed by atoms with Gasteiger partial charge in [0.2, 0.25) is 15.6 Å². The second-order valence-corrected chi connectivity index (χ2v) is 9.22. The van der Waals surface area contributed by atoms with Crippen LogP contribution in [0.2, 0.25) is 0 Å². The van der Waals surface area contributed by atoms with E-state index >= 15 is 0 Å². The molecule has 2 heterocycles. The summed E-state index contributed by atoms with van der Waals surface area (Å²) in [5.41, 5.74) is -1.91. The number of nitrogens with zero attached hydrogens (tertiary/aromatic N) is 2. The van der Waals surface area contributed by atoms with E-state index in [9.17, 15) is 31.2 Å². The molecule has 0 saturated heterocycles. The molecular weight excluding hydrogens is 471 g/mol. The van der Waals surface area contributed by atoms with Gasteiger partial charge in [-0.05, 0) is 24.3 Å². The summed E-state index contributed by atoms with van der Waals surface area (Å²) in [5.74, 6) is -1.55. The summed E-state index contributed by atoms with van der Waals surface area (Å²) >= 11 is 0. The number of alkyl halides is 3. The summed E-state index contributed by atoms with van der Waals surface area (Å²) in [6, 6.07) is 17.4. The lowest BCUT2D eigenvalue weighted by Crippen LogP contribution is -2.21. The number of ketones is 1. The number of carbonyl (C=O) groups is 1. The van der Waals surface area contributed by atoms with Gasteiger partial charge in [0.1, 0.15) is 5.56 Å². The molecule has 0 atom stereocenters. The summed E-state index contributed by atoms with van der Waals surface area (Å²) in [4.78, 5) is 29.7. The van der Waals surface area contributed by atoms with Gasteiger partial charge in [-0.3, -0.25) is 14.7 Å². The van der Waals surface area contributed by atoms with Crippen LogP contribution in [0.1, 0.15) is 27.2 Å². The van der Waals surface area contributed by atoms with Crippen molar-refractivity contribution in [3.8, 4) is 5.69 Å². The smallest absolute Gasteiger partial charge is 0.293 e. The number of aromatic nitrogens is 3. The molecule has 2 aromatic carbocycles. The van der Waals surface area contributed by atoms with E-state index in [1.54, 1.807) is 48.5 Å². The first-order chi connectivity index (χ1) is 16.1. The maximum atomic E-state index is 13.2. The molecule has 0 spiro atoms. The van der Waals surface area contributed by atoms with Gasteiger partial charge >= 0.3 is 6.18 Å². The quantitative estimate of drug-likeness (QED) is 0.417. The summed E-state index contributed by atoms with van der Waals surface area (Å²) in [6.45, 7) is 0. The Balaban J connectivity index is 1.80. The van der Waals surface area contributed by atoms with Crippen molar-refractivity contribution in [3.63, 3.8) is 0 Å². The molecule has 0 radical (unpaired) electrons. The molecule has 0 aliphatic heterocycles. The van der Waals surface area contributed by atoms with E-state index in [0.717, 1.165) is 10.7 Å². The molecule has 4 rings (SSSR count). The molecule has 0 aliphatic carbocycles. The Morgan fingerprint density at radius 1 is 0.941 bits per heavy atom. The molecule has 0 amide bonds. The van der Waals surface area contributed by atoms with E-state index in [1.807, 2.05) is 0 Å². The van der Waals surface area contributed by atoms with E-state index in [2.05, 4.69) is 10.1 Å². The lowest BCUT2D eigenvalue weighted by atomic mass is 10.0. The highest BCUT2D eigenvalue weighted by Gasteiger charge is 2.32. The average Bonchev–Trinajstić information content (AvgIpc) is 3.14. The van der Waals surface area contributed by atoms with E-state index in [-0.39, 0.29) is 16.8 Å². The van der Waals surface area contributed by atoms with Crippen LogP contribution in [0.15, 0.2) is 88.8 Å². The molecule has 1 N–H and O–H groups in total. The first kappa shape index (κ1) is 23.2. The summed E-state index contributed by atoms with van der Waals surface area (Å²) in [7, 11) is -4.31. The van der Waals surface area contributed by atoms with Crippen molar-refractivity contribution in [2.75, 3.05) is 0 Å². The SMILES string of the molecule is O=C(c1ccccc1)c1c(CS(=O)(=O)c2ccc(C(F)(F)F)cn2)[nH]n(-c2ccccc2)c1=O. The van der Waals surface area contributed by atoms with Gasteiger partial charge in [0.25, 0.3) is 5.56 Å². The maximum absolute atomic E-state index is 13.2. The molecule has 0 unspecified atom stereocenters. The van der Waals surface area contributed by atoms with Gasteiger partial charge in [-0.25, -0.2) is 18.1 Å². The van der Waals surface area contributed by atoms with Crippen LogP contribution in [-0.2, 0) is 21.8 Å². The van der Waals surface area contributed by atoms with Crippen molar-refractivity contribution in [1.82, 2.24) is 14.8 Å². The fourth-order valence-electron chi connectivity index (χ4n) is 3.31. The minimum Gasteiger partial charge on any atom is -0.293 e. The molecule has 0 fully saturated rings. The first-order valence-electron chi connectivity index (χ1n) is 9.83. The standard InChI is InChI=1S/C23H16F3N3O4S/c24-23(25,26)16-11-12-19(27-13-16)34(32,33)14-18-20(21(30)15-7-3-1-4-8-15)22(31)29(28-18)17-9-5-2-6-10-17/h1-13,28H,14H2. The third-order valence-corrected chi connectivity index (χ3v) is 6.51. The fourth-order valence-corrected chi connectivity index (χ4v) is 4.54. The van der Waals surface area contributed by atoms with Crippen LogP contribution in [0.25, 0.3) is 5.69 Å². The molecule has 0 saturated carbocycles. The van der Waals surface area contributed by atoms with E-state index in [4.69, 9.17) is 0 Å². The molecule has 7 nitrogen and oxygen atoms in total. The summed E-state index contributed by atoms with van der Waals surface area (Å²) in [5, 5.41) is 2.06. The van der Waals surface area contributed by atoms with Gasteiger partial charge in [0, 0.05) is 11.8 Å². The van der Waals surface area contributed by atoms with Crippen molar-refractivity contribution < 1.29 is 26.4 Å². The summed E-state index contributed by atoms with van der Waals surface area (Å²) in [6.07, 6.45) is -4.26. The zero-order valence-electron chi connectivity index (χ0n) is 17.3. The third-order valence-electron chi connectivity index (χ3n) is 4.96. The minimum atomic E-state index is -4.68. The van der Waals surface area contributed by atoms with Gasteiger partial charge in [-0.2, -0.15) is 13.2 Å². The third kappa shape index (κ3) is 4.55. The van der Waals surface area contributed by atoms with Crippen LogP contribution < -0.4 is 5.56 Å². The first-order valence-corrected chi connectivity index (χ1v) is 11.5. The molecular formula is C23H16F3N3O4S. The van der Waals surface area contributed by atoms with Crippen molar-refractivity contribution >= 4 is 15.6 Å². The Labute approximate surface area is 191 Å². The van der Waals surface area contributed by atoms with Crippen LogP contribution >= 0.6 is 0 Å². The lowest BCUT2D eigenvalue weighted by molar-refractivity contribution is -0.137. The predicted molar refractivity (Wildman–Crippen MR) is 116 cm³/mol. The van der Waals surface area contributed by atoms with Crippen LogP contribution in [-0.4, -0.2) is 29.0 Å². The summed E-state index contributed by atoms with van der Waals surface area (Å²) < 4.78 is 65.3. The number of hydrogen-bond donors (Lipinski definition) is 1.